The molecule has 1 aliphatic rings. The number of hydrogen-bond donors (Lipinski definition) is 0. The van der Waals surface area contributed by atoms with Crippen molar-refractivity contribution in [1.29, 1.82) is 0 Å². The Morgan fingerprint density at radius 1 is 0.970 bits per heavy atom. The first-order valence-corrected chi connectivity index (χ1v) is 11.7. The van der Waals surface area contributed by atoms with Gasteiger partial charge in [0.25, 0.3) is 0 Å². The minimum Gasteiger partial charge on any atom is -0.477 e. The zero-order chi connectivity index (χ0) is 22.8. The van der Waals surface area contributed by atoms with Gasteiger partial charge in [-0.2, -0.15) is 0 Å². The summed E-state index contributed by atoms with van der Waals surface area (Å²) < 4.78 is 11.9. The zero-order valence-corrected chi connectivity index (χ0v) is 19.2. The molecule has 0 spiro atoms. The maximum absolute atomic E-state index is 12.1. The van der Waals surface area contributed by atoms with Crippen molar-refractivity contribution in [3.8, 4) is 5.75 Å². The van der Waals surface area contributed by atoms with Gasteiger partial charge in [-0.15, -0.1) is 0 Å². The van der Waals surface area contributed by atoms with Crippen LogP contribution in [0.4, 0.5) is 0 Å². The molecule has 0 N–H and O–H groups in total. The maximum atomic E-state index is 12.1. The van der Waals surface area contributed by atoms with Crippen LogP contribution in [-0.4, -0.2) is 18.2 Å². The van der Waals surface area contributed by atoms with Crippen molar-refractivity contribution in [3.63, 3.8) is 0 Å². The van der Waals surface area contributed by atoms with Gasteiger partial charge in [0, 0.05) is 41.6 Å². The zero-order valence-electron chi connectivity index (χ0n) is 19.2. The third kappa shape index (κ3) is 4.31. The highest BCUT2D eigenvalue weighted by molar-refractivity contribution is 5.86. The predicted octanol–water partition coefficient (Wildman–Crippen LogP) is 6.04. The second kappa shape index (κ2) is 9.24. The highest BCUT2D eigenvalue weighted by Crippen LogP contribution is 2.37. The van der Waals surface area contributed by atoms with Gasteiger partial charge in [-0.05, 0) is 36.1 Å². The summed E-state index contributed by atoms with van der Waals surface area (Å²) in [7, 11) is 0. The molecule has 0 saturated heterocycles. The van der Waals surface area contributed by atoms with Crippen LogP contribution in [-0.2, 0) is 13.0 Å². The number of aryl methyl sites for hydroxylation is 2. The van der Waals surface area contributed by atoms with Gasteiger partial charge in [-0.1, -0.05) is 74.0 Å². The molecule has 0 aliphatic carbocycles. The number of hydrogen-bond acceptors (Lipinski definition) is 4. The molecule has 2 heterocycles. The van der Waals surface area contributed by atoms with Gasteiger partial charge in [0.2, 0.25) is 0 Å². The molecule has 168 valence electrons. The number of nitrogens with zero attached hydrogens (tertiary/aromatic N) is 1. The molecule has 0 bridgehead atoms. The summed E-state index contributed by atoms with van der Waals surface area (Å²) in [6.45, 7) is 6.29. The first-order valence-electron chi connectivity index (χ1n) is 11.7. The van der Waals surface area contributed by atoms with Gasteiger partial charge in [-0.25, -0.2) is 4.79 Å². The van der Waals surface area contributed by atoms with E-state index in [0.717, 1.165) is 53.8 Å². The van der Waals surface area contributed by atoms with E-state index in [2.05, 4.69) is 78.6 Å². The van der Waals surface area contributed by atoms with Crippen LogP contribution in [0.25, 0.3) is 11.0 Å². The van der Waals surface area contributed by atoms with Crippen LogP contribution in [0.5, 0.6) is 5.75 Å². The Hall–Kier alpha value is -3.37. The van der Waals surface area contributed by atoms with Crippen molar-refractivity contribution in [1.82, 2.24) is 4.90 Å². The van der Waals surface area contributed by atoms with Crippen LogP contribution in [0.1, 0.15) is 47.1 Å². The first-order chi connectivity index (χ1) is 16.1. The molecule has 0 unspecified atom stereocenters. The highest BCUT2D eigenvalue weighted by atomic mass is 16.5. The molecule has 33 heavy (non-hydrogen) atoms. The molecule has 0 saturated carbocycles. The third-order valence-corrected chi connectivity index (χ3v) is 6.53. The maximum Gasteiger partial charge on any atom is 0.336 e. The topological polar surface area (TPSA) is 42.7 Å². The van der Waals surface area contributed by atoms with E-state index in [9.17, 15) is 4.79 Å². The van der Waals surface area contributed by atoms with E-state index in [1.165, 1.54) is 11.1 Å². The van der Waals surface area contributed by atoms with E-state index in [-0.39, 0.29) is 11.5 Å². The number of ether oxygens (including phenoxy) is 1. The molecule has 1 aliphatic heterocycles. The Balaban J connectivity index is 1.49. The standard InChI is InChI=1S/C29H29NO3/c1-3-10-23-16-27(31)33-29-20(2)28-24(15-25(23)29)17-30(19-32-28)18-26(21-11-6-4-7-12-21)22-13-8-5-9-14-22/h4-9,11-16,26H,3,10,17-19H2,1-2H3. The SMILES string of the molecule is CCCc1cc(=O)oc2c(C)c3c(cc12)CN(CC(c1ccccc1)c1ccccc1)CO3. The Bertz CT molecular complexity index is 1270. The van der Waals surface area contributed by atoms with E-state index < -0.39 is 0 Å². The lowest BCUT2D eigenvalue weighted by Crippen LogP contribution is -2.35. The quantitative estimate of drug-likeness (QED) is 0.344. The summed E-state index contributed by atoms with van der Waals surface area (Å²) in [5, 5.41) is 1.03. The van der Waals surface area contributed by atoms with Crippen LogP contribution < -0.4 is 10.4 Å². The summed E-state index contributed by atoms with van der Waals surface area (Å²) in [5.41, 5.74) is 6.09. The first kappa shape index (κ1) is 21.5. The summed E-state index contributed by atoms with van der Waals surface area (Å²) in [5.74, 6) is 1.11. The molecule has 0 atom stereocenters. The van der Waals surface area contributed by atoms with Gasteiger partial charge in [-0.3, -0.25) is 4.90 Å². The average molecular weight is 440 g/mol. The average Bonchev–Trinajstić information content (AvgIpc) is 2.84. The molecule has 4 heteroatoms. The van der Waals surface area contributed by atoms with E-state index in [1.807, 2.05) is 6.92 Å². The van der Waals surface area contributed by atoms with E-state index in [4.69, 9.17) is 9.15 Å². The monoisotopic (exact) mass is 439 g/mol. The van der Waals surface area contributed by atoms with Crippen molar-refractivity contribution in [3.05, 3.63) is 111 Å². The summed E-state index contributed by atoms with van der Waals surface area (Å²) in [4.78, 5) is 14.5. The predicted molar refractivity (Wildman–Crippen MR) is 132 cm³/mol. The van der Waals surface area contributed by atoms with Crippen molar-refractivity contribution in [2.75, 3.05) is 13.3 Å². The lowest BCUT2D eigenvalue weighted by Gasteiger charge is -2.33. The molecule has 0 radical (unpaired) electrons. The molecule has 4 nitrogen and oxygen atoms in total. The summed E-state index contributed by atoms with van der Waals surface area (Å²) in [6, 6.07) is 25.1. The smallest absolute Gasteiger partial charge is 0.336 e. The molecule has 4 aromatic rings. The van der Waals surface area contributed by atoms with Crippen LogP contribution >= 0.6 is 0 Å². The normalized spacial score (nSPS) is 13.8. The Morgan fingerprint density at radius 3 is 2.27 bits per heavy atom. The van der Waals surface area contributed by atoms with Gasteiger partial charge in [0.15, 0.2) is 0 Å². The van der Waals surface area contributed by atoms with E-state index in [0.29, 0.717) is 12.3 Å². The number of rotatable bonds is 6. The Morgan fingerprint density at radius 2 is 1.64 bits per heavy atom. The second-order valence-corrected chi connectivity index (χ2v) is 8.87. The molecule has 1 aromatic heterocycles. The number of fused-ring (bicyclic) bond motifs is 2. The molecule has 0 amide bonds. The van der Waals surface area contributed by atoms with Crippen LogP contribution in [0, 0.1) is 6.92 Å². The summed E-state index contributed by atoms with van der Waals surface area (Å²) in [6.07, 6.45) is 1.84. The van der Waals surface area contributed by atoms with Gasteiger partial charge in [0.1, 0.15) is 18.1 Å². The minimum atomic E-state index is -0.292. The van der Waals surface area contributed by atoms with Gasteiger partial charge >= 0.3 is 5.63 Å². The van der Waals surface area contributed by atoms with Gasteiger partial charge in [0.05, 0.1) is 0 Å². The molecular formula is C29H29NO3. The Kier molecular flexibility index (Phi) is 6.01. The van der Waals surface area contributed by atoms with Crippen molar-refractivity contribution >= 4 is 11.0 Å². The number of benzene rings is 3. The van der Waals surface area contributed by atoms with Crippen molar-refractivity contribution in [2.24, 2.45) is 0 Å². The van der Waals surface area contributed by atoms with Crippen LogP contribution in [0.2, 0.25) is 0 Å². The fourth-order valence-electron chi connectivity index (χ4n) is 4.96. The lowest BCUT2D eigenvalue weighted by molar-refractivity contribution is 0.0917. The molecule has 0 fully saturated rings. The van der Waals surface area contributed by atoms with Crippen LogP contribution in [0.3, 0.4) is 0 Å². The Labute approximate surface area is 194 Å². The van der Waals surface area contributed by atoms with E-state index in [1.54, 1.807) is 6.07 Å². The van der Waals surface area contributed by atoms with Gasteiger partial charge < -0.3 is 9.15 Å². The minimum absolute atomic E-state index is 0.257. The molecule has 5 rings (SSSR count). The van der Waals surface area contributed by atoms with Crippen molar-refractivity contribution < 1.29 is 9.15 Å². The molecule has 3 aromatic carbocycles. The summed E-state index contributed by atoms with van der Waals surface area (Å²) >= 11 is 0. The van der Waals surface area contributed by atoms with E-state index >= 15 is 0 Å². The fourth-order valence-corrected chi connectivity index (χ4v) is 4.96. The van der Waals surface area contributed by atoms with Crippen molar-refractivity contribution in [2.45, 2.75) is 39.2 Å². The molecular weight excluding hydrogens is 410 g/mol. The second-order valence-electron chi connectivity index (χ2n) is 8.87. The highest BCUT2D eigenvalue weighted by Gasteiger charge is 2.26. The van der Waals surface area contributed by atoms with Crippen LogP contribution in [0.15, 0.2) is 82.0 Å². The lowest BCUT2D eigenvalue weighted by atomic mass is 9.90. The fraction of sp³-hybridized carbons (Fsp3) is 0.276. The third-order valence-electron chi connectivity index (χ3n) is 6.53. The largest absolute Gasteiger partial charge is 0.477 e.